The van der Waals surface area contributed by atoms with E-state index in [9.17, 15) is 9.59 Å². The second kappa shape index (κ2) is 11.4. The number of hydrazone groups is 1. The van der Waals surface area contributed by atoms with Crippen molar-refractivity contribution in [3.05, 3.63) is 83.4 Å². The number of hydrogen-bond acceptors (Lipinski definition) is 7. The van der Waals surface area contributed by atoms with Crippen LogP contribution in [0.25, 0.3) is 0 Å². The minimum atomic E-state index is -0.310. The minimum Gasteiger partial charge on any atom is -0.497 e. The van der Waals surface area contributed by atoms with Crippen LogP contribution in [0.3, 0.4) is 0 Å². The van der Waals surface area contributed by atoms with Gasteiger partial charge in [-0.25, -0.2) is 5.01 Å². The van der Waals surface area contributed by atoms with Crippen molar-refractivity contribution in [2.75, 3.05) is 27.4 Å². The lowest BCUT2D eigenvalue weighted by Crippen LogP contribution is -2.31. The largest absolute Gasteiger partial charge is 0.497 e. The van der Waals surface area contributed by atoms with Crippen LogP contribution in [0.15, 0.2) is 71.8 Å². The molecule has 1 amide bonds. The summed E-state index contributed by atoms with van der Waals surface area (Å²) in [6.45, 7) is 1.98. The van der Waals surface area contributed by atoms with Crippen molar-refractivity contribution in [1.29, 1.82) is 0 Å². The van der Waals surface area contributed by atoms with E-state index in [1.165, 1.54) is 5.01 Å². The van der Waals surface area contributed by atoms with Gasteiger partial charge in [-0.3, -0.25) is 9.59 Å². The number of aldehydes is 1. The van der Waals surface area contributed by atoms with E-state index in [4.69, 9.17) is 18.9 Å². The Morgan fingerprint density at radius 3 is 2.44 bits per heavy atom. The first-order valence-electron chi connectivity index (χ1n) is 11.6. The summed E-state index contributed by atoms with van der Waals surface area (Å²) in [5.74, 6) is 1.92. The van der Waals surface area contributed by atoms with Gasteiger partial charge in [0.05, 0.1) is 32.6 Å². The highest BCUT2D eigenvalue weighted by molar-refractivity contribution is 6.03. The number of carbonyl (C=O) groups excluding carboxylic acids is 2. The van der Waals surface area contributed by atoms with E-state index in [1.54, 1.807) is 32.4 Å². The predicted octanol–water partition coefficient (Wildman–Crippen LogP) is 4.67. The monoisotopic (exact) mass is 488 g/mol. The summed E-state index contributed by atoms with van der Waals surface area (Å²) < 4.78 is 22.0. The van der Waals surface area contributed by atoms with Gasteiger partial charge in [0.2, 0.25) is 0 Å². The fourth-order valence-corrected chi connectivity index (χ4v) is 3.99. The maximum absolute atomic E-state index is 13.4. The number of amides is 1. The zero-order valence-electron chi connectivity index (χ0n) is 20.5. The van der Waals surface area contributed by atoms with Gasteiger partial charge in [-0.05, 0) is 55.0 Å². The number of carbonyl (C=O) groups is 2. The van der Waals surface area contributed by atoms with Crippen molar-refractivity contribution in [2.24, 2.45) is 5.10 Å². The summed E-state index contributed by atoms with van der Waals surface area (Å²) >= 11 is 0. The standard InChI is InChI=1S/C28H28N2O6/c1-4-35-27-14-19(17-31)8-13-26(27)36-18-28(32)30-25(20-9-11-22(33-2)12-10-20)16-24(29-30)21-6-5-7-23(15-21)34-3/h5-15,17,25H,4,16,18H2,1-3H3. The van der Waals surface area contributed by atoms with Crippen LogP contribution in [0.1, 0.15) is 40.9 Å². The van der Waals surface area contributed by atoms with E-state index in [0.29, 0.717) is 35.8 Å². The summed E-state index contributed by atoms with van der Waals surface area (Å²) in [5.41, 5.74) is 3.04. The third-order valence-corrected chi connectivity index (χ3v) is 5.82. The van der Waals surface area contributed by atoms with Crippen molar-refractivity contribution in [3.63, 3.8) is 0 Å². The summed E-state index contributed by atoms with van der Waals surface area (Å²) in [6, 6.07) is 19.7. The van der Waals surface area contributed by atoms with Gasteiger partial charge in [0.15, 0.2) is 18.1 Å². The lowest BCUT2D eigenvalue weighted by molar-refractivity contribution is -0.135. The van der Waals surface area contributed by atoms with Gasteiger partial charge in [-0.15, -0.1) is 0 Å². The maximum Gasteiger partial charge on any atom is 0.281 e. The van der Waals surface area contributed by atoms with Crippen molar-refractivity contribution < 1.29 is 28.5 Å². The molecule has 1 aliphatic heterocycles. The van der Waals surface area contributed by atoms with E-state index in [-0.39, 0.29) is 18.6 Å². The zero-order chi connectivity index (χ0) is 25.5. The Morgan fingerprint density at radius 2 is 1.75 bits per heavy atom. The molecule has 1 aliphatic rings. The molecule has 8 nitrogen and oxygen atoms in total. The van der Waals surface area contributed by atoms with Crippen LogP contribution in [0.2, 0.25) is 0 Å². The summed E-state index contributed by atoms with van der Waals surface area (Å²) in [5, 5.41) is 6.16. The van der Waals surface area contributed by atoms with Crippen LogP contribution in [0.5, 0.6) is 23.0 Å². The summed E-state index contributed by atoms with van der Waals surface area (Å²) in [6.07, 6.45) is 1.26. The molecule has 0 N–H and O–H groups in total. The second-order valence-electron chi connectivity index (χ2n) is 8.06. The molecule has 0 aromatic heterocycles. The number of hydrogen-bond donors (Lipinski definition) is 0. The highest BCUT2D eigenvalue weighted by Gasteiger charge is 2.33. The molecule has 0 aliphatic carbocycles. The van der Waals surface area contributed by atoms with Crippen molar-refractivity contribution >= 4 is 17.9 Å². The molecule has 0 saturated carbocycles. The molecule has 0 spiro atoms. The van der Waals surface area contributed by atoms with Gasteiger partial charge in [-0.1, -0.05) is 24.3 Å². The molecular formula is C28H28N2O6. The Hall–Kier alpha value is -4.33. The first-order chi connectivity index (χ1) is 17.6. The van der Waals surface area contributed by atoms with Gasteiger partial charge in [0, 0.05) is 17.5 Å². The molecule has 0 radical (unpaired) electrons. The van der Waals surface area contributed by atoms with Gasteiger partial charge in [0.1, 0.15) is 17.8 Å². The average Bonchev–Trinajstić information content (AvgIpc) is 3.38. The summed E-state index contributed by atoms with van der Waals surface area (Å²) in [7, 11) is 3.22. The number of benzene rings is 3. The molecule has 1 heterocycles. The number of nitrogens with zero attached hydrogens (tertiary/aromatic N) is 2. The SMILES string of the molecule is CCOc1cc(C=O)ccc1OCC(=O)N1N=C(c2cccc(OC)c2)CC1c1ccc(OC)cc1. The van der Waals surface area contributed by atoms with Gasteiger partial charge < -0.3 is 18.9 Å². The number of ether oxygens (including phenoxy) is 4. The highest BCUT2D eigenvalue weighted by atomic mass is 16.5. The molecular weight excluding hydrogens is 460 g/mol. The third-order valence-electron chi connectivity index (χ3n) is 5.82. The van der Waals surface area contributed by atoms with E-state index in [2.05, 4.69) is 5.10 Å². The Bertz CT molecular complexity index is 1260. The second-order valence-corrected chi connectivity index (χ2v) is 8.06. The molecule has 0 bridgehead atoms. The Balaban J connectivity index is 1.59. The lowest BCUT2D eigenvalue weighted by Gasteiger charge is -2.22. The average molecular weight is 489 g/mol. The fourth-order valence-electron chi connectivity index (χ4n) is 3.99. The van der Waals surface area contributed by atoms with E-state index >= 15 is 0 Å². The molecule has 1 atom stereocenters. The van der Waals surface area contributed by atoms with Gasteiger partial charge in [-0.2, -0.15) is 5.10 Å². The zero-order valence-corrected chi connectivity index (χ0v) is 20.5. The van der Waals surface area contributed by atoms with E-state index in [1.807, 2.05) is 55.5 Å². The number of rotatable bonds is 10. The van der Waals surface area contributed by atoms with Crippen LogP contribution >= 0.6 is 0 Å². The fraction of sp³-hybridized carbons (Fsp3) is 0.250. The molecule has 1 unspecified atom stereocenters. The van der Waals surface area contributed by atoms with Crippen LogP contribution in [-0.2, 0) is 4.79 Å². The molecule has 8 heteroatoms. The molecule has 3 aromatic rings. The first kappa shape index (κ1) is 24.8. The topological polar surface area (TPSA) is 86.7 Å². The van der Waals surface area contributed by atoms with Crippen molar-refractivity contribution in [2.45, 2.75) is 19.4 Å². The quantitative estimate of drug-likeness (QED) is 0.386. The van der Waals surface area contributed by atoms with Crippen LogP contribution in [0.4, 0.5) is 0 Å². The maximum atomic E-state index is 13.4. The van der Waals surface area contributed by atoms with Crippen LogP contribution < -0.4 is 18.9 Å². The number of methoxy groups -OCH3 is 2. The molecule has 3 aromatic carbocycles. The Morgan fingerprint density at radius 1 is 0.972 bits per heavy atom. The van der Waals surface area contributed by atoms with Gasteiger partial charge >= 0.3 is 0 Å². The molecule has 186 valence electrons. The predicted molar refractivity (Wildman–Crippen MR) is 135 cm³/mol. The van der Waals surface area contributed by atoms with Gasteiger partial charge in [0.25, 0.3) is 5.91 Å². The lowest BCUT2D eigenvalue weighted by atomic mass is 9.98. The van der Waals surface area contributed by atoms with E-state index < -0.39 is 0 Å². The molecule has 4 rings (SSSR count). The first-order valence-corrected chi connectivity index (χ1v) is 11.6. The molecule has 0 fully saturated rings. The van der Waals surface area contributed by atoms with Crippen molar-refractivity contribution in [3.8, 4) is 23.0 Å². The normalized spacial score (nSPS) is 14.7. The highest BCUT2D eigenvalue weighted by Crippen LogP contribution is 2.35. The summed E-state index contributed by atoms with van der Waals surface area (Å²) in [4.78, 5) is 24.5. The smallest absolute Gasteiger partial charge is 0.281 e. The molecule has 0 saturated heterocycles. The third kappa shape index (κ3) is 5.49. The van der Waals surface area contributed by atoms with Crippen LogP contribution in [-0.4, -0.2) is 50.3 Å². The Labute approximate surface area is 210 Å². The minimum absolute atomic E-state index is 0.248. The van der Waals surface area contributed by atoms with E-state index in [0.717, 1.165) is 28.9 Å². The van der Waals surface area contributed by atoms with Crippen LogP contribution in [0, 0.1) is 0 Å². The Kier molecular flexibility index (Phi) is 7.85. The van der Waals surface area contributed by atoms with Crippen molar-refractivity contribution in [1.82, 2.24) is 5.01 Å². The molecule has 36 heavy (non-hydrogen) atoms.